The summed E-state index contributed by atoms with van der Waals surface area (Å²) in [5.74, 6) is 0.434. The van der Waals surface area contributed by atoms with Crippen LogP contribution in [0.4, 0.5) is 5.69 Å². The van der Waals surface area contributed by atoms with E-state index in [0.29, 0.717) is 32.9 Å². The maximum Gasteiger partial charge on any atom is 0.250 e. The molecule has 7 heteroatoms. The standard InChI is InChI=1S/C13H9Cl2N5/c14-9-4-1-3-8(11(9)15)12-10(16)7-20(19-12)13-17-5-2-6-18-13/h1-7H,16H2. The zero-order valence-corrected chi connectivity index (χ0v) is 11.7. The molecule has 2 aromatic heterocycles. The van der Waals surface area contributed by atoms with Crippen LogP contribution >= 0.6 is 23.2 Å². The molecule has 3 rings (SSSR count). The number of rotatable bonds is 2. The van der Waals surface area contributed by atoms with Crippen LogP contribution in [0.3, 0.4) is 0 Å². The topological polar surface area (TPSA) is 69.6 Å². The number of hydrogen-bond acceptors (Lipinski definition) is 4. The number of halogens is 2. The van der Waals surface area contributed by atoms with Crippen molar-refractivity contribution in [2.45, 2.75) is 0 Å². The highest BCUT2D eigenvalue weighted by molar-refractivity contribution is 6.43. The van der Waals surface area contributed by atoms with Crippen molar-refractivity contribution in [2.24, 2.45) is 0 Å². The maximum atomic E-state index is 6.19. The molecular weight excluding hydrogens is 297 g/mol. The van der Waals surface area contributed by atoms with Gasteiger partial charge >= 0.3 is 0 Å². The fourth-order valence-corrected chi connectivity index (χ4v) is 2.19. The van der Waals surface area contributed by atoms with E-state index >= 15 is 0 Å². The Morgan fingerprint density at radius 2 is 1.80 bits per heavy atom. The van der Waals surface area contributed by atoms with E-state index in [1.54, 1.807) is 36.8 Å². The van der Waals surface area contributed by atoms with E-state index in [1.165, 1.54) is 4.68 Å². The Balaban J connectivity index is 2.12. The van der Waals surface area contributed by atoms with Gasteiger partial charge in [-0.15, -0.1) is 0 Å². The molecule has 0 bridgehead atoms. The molecule has 0 atom stereocenters. The smallest absolute Gasteiger partial charge is 0.250 e. The van der Waals surface area contributed by atoms with Crippen LogP contribution in [-0.4, -0.2) is 19.7 Å². The Labute approximate surface area is 125 Å². The summed E-state index contributed by atoms with van der Waals surface area (Å²) in [5.41, 5.74) is 7.68. The Morgan fingerprint density at radius 1 is 1.05 bits per heavy atom. The summed E-state index contributed by atoms with van der Waals surface area (Å²) in [6.07, 6.45) is 4.90. The van der Waals surface area contributed by atoms with E-state index in [2.05, 4.69) is 15.1 Å². The lowest BCUT2D eigenvalue weighted by Gasteiger charge is -2.03. The van der Waals surface area contributed by atoms with Gasteiger partial charge in [0.15, 0.2) is 0 Å². The summed E-state index contributed by atoms with van der Waals surface area (Å²) in [7, 11) is 0. The van der Waals surface area contributed by atoms with Crippen molar-refractivity contribution in [3.8, 4) is 17.2 Å². The van der Waals surface area contributed by atoms with E-state index < -0.39 is 0 Å². The van der Waals surface area contributed by atoms with Crippen LogP contribution in [0.2, 0.25) is 10.0 Å². The van der Waals surface area contributed by atoms with Crippen molar-refractivity contribution < 1.29 is 0 Å². The van der Waals surface area contributed by atoms with Crippen molar-refractivity contribution in [1.82, 2.24) is 19.7 Å². The average molecular weight is 306 g/mol. The Kier molecular flexibility index (Phi) is 3.30. The van der Waals surface area contributed by atoms with Gasteiger partial charge in [0.1, 0.15) is 5.69 Å². The van der Waals surface area contributed by atoms with Crippen LogP contribution in [0, 0.1) is 0 Å². The number of aromatic nitrogens is 4. The van der Waals surface area contributed by atoms with Crippen LogP contribution in [0.5, 0.6) is 0 Å². The third-order valence-corrected chi connectivity index (χ3v) is 3.53. The summed E-state index contributed by atoms with van der Waals surface area (Å²) >= 11 is 12.2. The monoisotopic (exact) mass is 305 g/mol. The number of anilines is 1. The zero-order chi connectivity index (χ0) is 14.1. The van der Waals surface area contributed by atoms with Gasteiger partial charge in [-0.3, -0.25) is 0 Å². The molecule has 0 aliphatic heterocycles. The lowest BCUT2D eigenvalue weighted by atomic mass is 10.1. The van der Waals surface area contributed by atoms with Gasteiger partial charge in [0, 0.05) is 18.0 Å². The molecule has 0 unspecified atom stereocenters. The third kappa shape index (κ3) is 2.21. The third-order valence-electron chi connectivity index (χ3n) is 2.71. The van der Waals surface area contributed by atoms with E-state index in [1.807, 2.05) is 6.07 Å². The van der Waals surface area contributed by atoms with Crippen LogP contribution in [0.15, 0.2) is 42.9 Å². The normalized spacial score (nSPS) is 10.7. The van der Waals surface area contributed by atoms with Crippen molar-refractivity contribution in [1.29, 1.82) is 0 Å². The summed E-state index contributed by atoms with van der Waals surface area (Å²) in [6.45, 7) is 0. The van der Waals surface area contributed by atoms with Gasteiger partial charge in [0.2, 0.25) is 0 Å². The van der Waals surface area contributed by atoms with Crippen molar-refractivity contribution in [3.63, 3.8) is 0 Å². The van der Waals surface area contributed by atoms with Gasteiger partial charge in [-0.25, -0.2) is 14.6 Å². The van der Waals surface area contributed by atoms with Crippen LogP contribution < -0.4 is 5.73 Å². The van der Waals surface area contributed by atoms with Crippen LogP contribution in [-0.2, 0) is 0 Å². The first-order valence-electron chi connectivity index (χ1n) is 5.74. The second-order valence-electron chi connectivity index (χ2n) is 4.03. The molecular formula is C13H9Cl2N5. The molecule has 3 aromatic rings. The molecule has 0 spiro atoms. The number of nitrogens with two attached hydrogens (primary N) is 1. The van der Waals surface area contributed by atoms with E-state index in [0.717, 1.165) is 0 Å². The van der Waals surface area contributed by atoms with E-state index in [4.69, 9.17) is 28.9 Å². The Morgan fingerprint density at radius 3 is 2.55 bits per heavy atom. The van der Waals surface area contributed by atoms with Crippen LogP contribution in [0.25, 0.3) is 17.2 Å². The van der Waals surface area contributed by atoms with Gasteiger partial charge in [0.25, 0.3) is 5.95 Å². The minimum Gasteiger partial charge on any atom is -0.396 e. The highest BCUT2D eigenvalue weighted by Crippen LogP contribution is 2.35. The highest BCUT2D eigenvalue weighted by Gasteiger charge is 2.15. The summed E-state index contributed by atoms with van der Waals surface area (Å²) < 4.78 is 1.50. The van der Waals surface area contributed by atoms with Gasteiger partial charge < -0.3 is 5.73 Å². The predicted octanol–water partition coefficient (Wildman–Crippen LogP) is 3.22. The van der Waals surface area contributed by atoms with Crippen molar-refractivity contribution >= 4 is 28.9 Å². The fraction of sp³-hybridized carbons (Fsp3) is 0. The minimum atomic E-state index is 0.417. The number of benzene rings is 1. The lowest BCUT2D eigenvalue weighted by Crippen LogP contribution is -2.00. The summed E-state index contributed by atoms with van der Waals surface area (Å²) in [5, 5.41) is 5.25. The van der Waals surface area contributed by atoms with Gasteiger partial charge in [0.05, 0.1) is 21.9 Å². The molecule has 0 radical (unpaired) electrons. The zero-order valence-electron chi connectivity index (χ0n) is 10.2. The van der Waals surface area contributed by atoms with Gasteiger partial charge in [-0.05, 0) is 12.1 Å². The lowest BCUT2D eigenvalue weighted by molar-refractivity contribution is 0.811. The SMILES string of the molecule is Nc1cn(-c2ncccn2)nc1-c1cccc(Cl)c1Cl. The first-order valence-corrected chi connectivity index (χ1v) is 6.49. The quantitative estimate of drug-likeness (QED) is 0.789. The van der Waals surface area contributed by atoms with Gasteiger partial charge in [-0.1, -0.05) is 35.3 Å². The summed E-state index contributed by atoms with van der Waals surface area (Å²) in [6, 6.07) is 7.04. The molecule has 0 aliphatic rings. The molecule has 0 saturated heterocycles. The first-order chi connectivity index (χ1) is 9.66. The number of nitrogen functional groups attached to an aromatic ring is 1. The van der Waals surface area contributed by atoms with Crippen molar-refractivity contribution in [3.05, 3.63) is 52.9 Å². The molecule has 100 valence electrons. The maximum absolute atomic E-state index is 6.19. The number of hydrogen-bond donors (Lipinski definition) is 1. The molecule has 2 N–H and O–H groups in total. The molecule has 0 amide bonds. The second-order valence-corrected chi connectivity index (χ2v) is 4.81. The Hall–Kier alpha value is -2.11. The molecule has 0 aliphatic carbocycles. The molecule has 2 heterocycles. The first kappa shape index (κ1) is 12.9. The number of nitrogens with zero attached hydrogens (tertiary/aromatic N) is 4. The molecule has 0 fully saturated rings. The minimum absolute atomic E-state index is 0.417. The predicted molar refractivity (Wildman–Crippen MR) is 79.0 cm³/mol. The highest BCUT2D eigenvalue weighted by atomic mass is 35.5. The molecule has 20 heavy (non-hydrogen) atoms. The van der Waals surface area contributed by atoms with Gasteiger partial charge in [-0.2, -0.15) is 5.10 Å². The van der Waals surface area contributed by atoms with Crippen LogP contribution in [0.1, 0.15) is 0 Å². The second kappa shape index (κ2) is 5.11. The Bertz CT molecular complexity index is 755. The molecule has 1 aromatic carbocycles. The van der Waals surface area contributed by atoms with Crippen molar-refractivity contribution in [2.75, 3.05) is 5.73 Å². The molecule has 5 nitrogen and oxygen atoms in total. The van der Waals surface area contributed by atoms with E-state index in [9.17, 15) is 0 Å². The van der Waals surface area contributed by atoms with E-state index in [-0.39, 0.29) is 0 Å². The fourth-order valence-electron chi connectivity index (χ4n) is 1.80. The average Bonchev–Trinajstić information content (AvgIpc) is 2.85. The summed E-state index contributed by atoms with van der Waals surface area (Å²) in [4.78, 5) is 8.22. The molecule has 0 saturated carbocycles. The largest absolute Gasteiger partial charge is 0.396 e.